The third-order valence-electron chi connectivity index (χ3n) is 2.79. The Morgan fingerprint density at radius 2 is 1.88 bits per heavy atom. The van der Waals surface area contributed by atoms with Crippen LogP contribution in [0.25, 0.3) is 0 Å². The average Bonchev–Trinajstić information content (AvgIpc) is 2.35. The molecule has 88 valence electrons. The third-order valence-corrected chi connectivity index (χ3v) is 2.79. The normalized spacial score (nSPS) is 10.1. The second-order valence-corrected chi connectivity index (χ2v) is 4.07. The summed E-state index contributed by atoms with van der Waals surface area (Å²) in [6, 6.07) is 10.2. The first kappa shape index (κ1) is 11.5. The number of hydrogen-bond acceptors (Lipinski definition) is 3. The number of aryl methyl sites for hydroxylation is 2. The Kier molecular flexibility index (Phi) is 3.28. The number of nitrogens with zero attached hydrogens (tertiary/aromatic N) is 1. The van der Waals surface area contributed by atoms with Gasteiger partial charge in [-0.1, -0.05) is 12.1 Å². The van der Waals surface area contributed by atoms with Crippen LogP contribution in [0, 0.1) is 13.8 Å². The van der Waals surface area contributed by atoms with Crippen molar-refractivity contribution in [2.75, 3.05) is 17.7 Å². The molecule has 0 atom stereocenters. The van der Waals surface area contributed by atoms with Gasteiger partial charge in [-0.05, 0) is 43.2 Å². The molecule has 1 aromatic heterocycles. The quantitative estimate of drug-likeness (QED) is 0.842. The number of rotatable bonds is 3. The number of nitrogens with one attached hydrogen (secondary N) is 2. The van der Waals surface area contributed by atoms with Crippen LogP contribution in [0.3, 0.4) is 0 Å². The molecule has 2 N–H and O–H groups in total. The van der Waals surface area contributed by atoms with E-state index in [2.05, 4.69) is 40.7 Å². The van der Waals surface area contributed by atoms with Gasteiger partial charge in [0.2, 0.25) is 0 Å². The molecule has 0 radical (unpaired) electrons. The maximum atomic E-state index is 4.34. The molecule has 1 heterocycles. The first-order chi connectivity index (χ1) is 8.20. The van der Waals surface area contributed by atoms with Crippen molar-refractivity contribution in [2.45, 2.75) is 13.8 Å². The lowest BCUT2D eigenvalue weighted by molar-refractivity contribution is 1.25. The van der Waals surface area contributed by atoms with Crippen LogP contribution in [0.5, 0.6) is 0 Å². The van der Waals surface area contributed by atoms with Crippen LogP contribution in [0.2, 0.25) is 0 Å². The summed E-state index contributed by atoms with van der Waals surface area (Å²) >= 11 is 0. The van der Waals surface area contributed by atoms with Gasteiger partial charge in [0.25, 0.3) is 0 Å². The molecule has 2 rings (SSSR count). The van der Waals surface area contributed by atoms with Gasteiger partial charge in [0.15, 0.2) is 0 Å². The third kappa shape index (κ3) is 2.56. The van der Waals surface area contributed by atoms with E-state index < -0.39 is 0 Å². The van der Waals surface area contributed by atoms with Crippen LogP contribution in [0.1, 0.15) is 11.1 Å². The molecule has 3 nitrogen and oxygen atoms in total. The van der Waals surface area contributed by atoms with Crippen molar-refractivity contribution in [3.05, 3.63) is 47.7 Å². The lowest BCUT2D eigenvalue weighted by Gasteiger charge is -2.12. The highest BCUT2D eigenvalue weighted by atomic mass is 15.0. The highest BCUT2D eigenvalue weighted by molar-refractivity contribution is 5.67. The number of aromatic nitrogens is 1. The number of pyridine rings is 1. The van der Waals surface area contributed by atoms with E-state index >= 15 is 0 Å². The lowest BCUT2D eigenvalue weighted by atomic mass is 10.1. The van der Waals surface area contributed by atoms with Gasteiger partial charge in [-0.2, -0.15) is 0 Å². The predicted octanol–water partition coefficient (Wildman–Crippen LogP) is 3.48. The largest absolute Gasteiger partial charge is 0.388 e. The van der Waals surface area contributed by atoms with Gasteiger partial charge < -0.3 is 10.6 Å². The summed E-state index contributed by atoms with van der Waals surface area (Å²) in [4.78, 5) is 4.34. The SMILES string of the molecule is CNc1ccc(C)c(Nc2ncccc2C)c1. The van der Waals surface area contributed by atoms with Gasteiger partial charge >= 0.3 is 0 Å². The zero-order valence-corrected chi connectivity index (χ0v) is 10.4. The summed E-state index contributed by atoms with van der Waals surface area (Å²) in [6.07, 6.45) is 1.80. The molecule has 0 bridgehead atoms. The minimum absolute atomic E-state index is 0.906. The Morgan fingerprint density at radius 1 is 1.06 bits per heavy atom. The van der Waals surface area contributed by atoms with Crippen molar-refractivity contribution in [3.8, 4) is 0 Å². The molecule has 0 unspecified atom stereocenters. The zero-order valence-electron chi connectivity index (χ0n) is 10.4. The van der Waals surface area contributed by atoms with Gasteiger partial charge in [-0.3, -0.25) is 0 Å². The topological polar surface area (TPSA) is 37.0 Å². The molecule has 0 aliphatic heterocycles. The molecule has 2 aromatic rings. The van der Waals surface area contributed by atoms with Crippen LogP contribution < -0.4 is 10.6 Å². The molecule has 3 heteroatoms. The van der Waals surface area contributed by atoms with Crippen molar-refractivity contribution in [1.82, 2.24) is 4.98 Å². The molecule has 0 saturated heterocycles. The van der Waals surface area contributed by atoms with E-state index in [0.717, 1.165) is 22.8 Å². The van der Waals surface area contributed by atoms with E-state index in [1.54, 1.807) is 6.20 Å². The maximum Gasteiger partial charge on any atom is 0.133 e. The molecule has 0 saturated carbocycles. The molecule has 0 spiro atoms. The molecule has 0 fully saturated rings. The monoisotopic (exact) mass is 227 g/mol. The molecule has 17 heavy (non-hydrogen) atoms. The second kappa shape index (κ2) is 4.87. The van der Waals surface area contributed by atoms with Crippen molar-refractivity contribution in [1.29, 1.82) is 0 Å². The standard InChI is InChI=1S/C14H17N3/c1-10-6-7-12(15-3)9-13(10)17-14-11(2)5-4-8-16-14/h4-9,15H,1-3H3,(H,16,17). The molecule has 0 amide bonds. The number of anilines is 3. The van der Waals surface area contributed by atoms with Gasteiger partial charge in [0, 0.05) is 24.6 Å². The zero-order chi connectivity index (χ0) is 12.3. The summed E-state index contributed by atoms with van der Waals surface area (Å²) in [5, 5.41) is 6.50. The smallest absolute Gasteiger partial charge is 0.133 e. The van der Waals surface area contributed by atoms with Crippen LogP contribution in [-0.4, -0.2) is 12.0 Å². The van der Waals surface area contributed by atoms with Crippen molar-refractivity contribution < 1.29 is 0 Å². The first-order valence-corrected chi connectivity index (χ1v) is 5.68. The highest BCUT2D eigenvalue weighted by Crippen LogP contribution is 2.24. The minimum Gasteiger partial charge on any atom is -0.388 e. The molecule has 0 aliphatic carbocycles. The van der Waals surface area contributed by atoms with Crippen molar-refractivity contribution >= 4 is 17.2 Å². The Hall–Kier alpha value is -2.03. The summed E-state index contributed by atoms with van der Waals surface area (Å²) in [7, 11) is 1.92. The van der Waals surface area contributed by atoms with Crippen LogP contribution in [0.15, 0.2) is 36.5 Å². The predicted molar refractivity (Wildman–Crippen MR) is 73.0 cm³/mol. The van der Waals surface area contributed by atoms with E-state index in [-0.39, 0.29) is 0 Å². The molecular formula is C14H17N3. The van der Waals surface area contributed by atoms with Crippen molar-refractivity contribution in [2.24, 2.45) is 0 Å². The van der Waals surface area contributed by atoms with E-state index in [0.29, 0.717) is 0 Å². The first-order valence-electron chi connectivity index (χ1n) is 5.68. The van der Waals surface area contributed by atoms with Crippen LogP contribution in [0.4, 0.5) is 17.2 Å². The fraction of sp³-hybridized carbons (Fsp3) is 0.214. The average molecular weight is 227 g/mol. The lowest BCUT2D eigenvalue weighted by Crippen LogP contribution is -1.99. The van der Waals surface area contributed by atoms with Gasteiger partial charge in [0.1, 0.15) is 5.82 Å². The van der Waals surface area contributed by atoms with Crippen molar-refractivity contribution in [3.63, 3.8) is 0 Å². The Balaban J connectivity index is 2.32. The van der Waals surface area contributed by atoms with Crippen LogP contribution in [-0.2, 0) is 0 Å². The molecule has 1 aromatic carbocycles. The van der Waals surface area contributed by atoms with E-state index in [9.17, 15) is 0 Å². The van der Waals surface area contributed by atoms with E-state index in [1.165, 1.54) is 5.56 Å². The highest BCUT2D eigenvalue weighted by Gasteiger charge is 2.03. The fourth-order valence-corrected chi connectivity index (χ4v) is 1.66. The summed E-state index contributed by atoms with van der Waals surface area (Å²) < 4.78 is 0. The Morgan fingerprint density at radius 3 is 2.59 bits per heavy atom. The summed E-state index contributed by atoms with van der Waals surface area (Å²) in [5.74, 6) is 0.906. The minimum atomic E-state index is 0.906. The van der Waals surface area contributed by atoms with E-state index in [4.69, 9.17) is 0 Å². The van der Waals surface area contributed by atoms with Gasteiger partial charge in [-0.15, -0.1) is 0 Å². The summed E-state index contributed by atoms with van der Waals surface area (Å²) in [5.41, 5.74) is 4.51. The van der Waals surface area contributed by atoms with Gasteiger partial charge in [-0.25, -0.2) is 4.98 Å². The second-order valence-electron chi connectivity index (χ2n) is 4.07. The Bertz CT molecular complexity index is 521. The number of benzene rings is 1. The van der Waals surface area contributed by atoms with E-state index in [1.807, 2.05) is 26.1 Å². The molecule has 0 aliphatic rings. The number of hydrogen-bond donors (Lipinski definition) is 2. The molecular weight excluding hydrogens is 210 g/mol. The Labute approximate surface area is 102 Å². The maximum absolute atomic E-state index is 4.34. The fourth-order valence-electron chi connectivity index (χ4n) is 1.66. The summed E-state index contributed by atoms with van der Waals surface area (Å²) in [6.45, 7) is 4.13. The van der Waals surface area contributed by atoms with Gasteiger partial charge in [0.05, 0.1) is 0 Å². The van der Waals surface area contributed by atoms with Crippen LogP contribution >= 0.6 is 0 Å².